The van der Waals surface area contributed by atoms with Crippen molar-refractivity contribution in [1.29, 1.82) is 0 Å². The van der Waals surface area contributed by atoms with Crippen LogP contribution in [0.2, 0.25) is 0 Å². The average Bonchev–Trinajstić information content (AvgIpc) is 3.12. The predicted octanol–water partition coefficient (Wildman–Crippen LogP) is 3.92. The normalized spacial score (nSPS) is 20.3. The van der Waals surface area contributed by atoms with Crippen LogP contribution in [0.1, 0.15) is 17.0 Å². The van der Waals surface area contributed by atoms with E-state index in [9.17, 15) is 0 Å². The summed E-state index contributed by atoms with van der Waals surface area (Å²) in [6.45, 7) is 3.83. The van der Waals surface area contributed by atoms with Crippen LogP contribution in [0, 0.1) is 5.92 Å². The van der Waals surface area contributed by atoms with Crippen molar-refractivity contribution in [2.75, 3.05) is 19.6 Å². The first-order valence-corrected chi connectivity index (χ1v) is 9.31. The van der Waals surface area contributed by atoms with Gasteiger partial charge in [0.1, 0.15) is 0 Å². The summed E-state index contributed by atoms with van der Waals surface area (Å²) in [5.41, 5.74) is 11.0. The SMILES string of the molecule is NC[C@@H]1CN(Cc2cccc(-c3ccccn3)c2)C[C@H]1c1ccccc1. The van der Waals surface area contributed by atoms with Gasteiger partial charge in [-0.1, -0.05) is 54.6 Å². The lowest BCUT2D eigenvalue weighted by molar-refractivity contribution is 0.317. The van der Waals surface area contributed by atoms with Gasteiger partial charge in [0.05, 0.1) is 5.69 Å². The van der Waals surface area contributed by atoms with Gasteiger partial charge in [0.25, 0.3) is 0 Å². The van der Waals surface area contributed by atoms with E-state index in [2.05, 4.69) is 70.5 Å². The van der Waals surface area contributed by atoms with E-state index in [0.29, 0.717) is 11.8 Å². The van der Waals surface area contributed by atoms with E-state index in [0.717, 1.165) is 31.9 Å². The van der Waals surface area contributed by atoms with Crippen LogP contribution in [-0.4, -0.2) is 29.5 Å². The largest absolute Gasteiger partial charge is 0.330 e. The average molecular weight is 343 g/mol. The molecule has 1 saturated heterocycles. The van der Waals surface area contributed by atoms with Gasteiger partial charge in [-0.05, 0) is 41.8 Å². The Morgan fingerprint density at radius 3 is 2.54 bits per heavy atom. The standard InChI is InChI=1S/C23H25N3/c24-14-21-16-26(17-22(21)19-8-2-1-3-9-19)15-18-7-6-10-20(13-18)23-11-4-5-12-25-23/h1-13,21-22H,14-17,24H2/t21-,22+/m1/s1. The monoisotopic (exact) mass is 343 g/mol. The molecule has 26 heavy (non-hydrogen) atoms. The van der Waals surface area contributed by atoms with Gasteiger partial charge in [-0.25, -0.2) is 0 Å². The van der Waals surface area contributed by atoms with E-state index in [4.69, 9.17) is 5.73 Å². The van der Waals surface area contributed by atoms with Crippen molar-refractivity contribution >= 4 is 0 Å². The second-order valence-corrected chi connectivity index (χ2v) is 7.12. The molecule has 2 atom stereocenters. The van der Waals surface area contributed by atoms with Crippen LogP contribution < -0.4 is 5.73 Å². The van der Waals surface area contributed by atoms with Gasteiger partial charge in [-0.15, -0.1) is 0 Å². The molecule has 1 aliphatic heterocycles. The summed E-state index contributed by atoms with van der Waals surface area (Å²) >= 11 is 0. The van der Waals surface area contributed by atoms with Gasteiger partial charge in [-0.3, -0.25) is 9.88 Å². The number of nitrogens with two attached hydrogens (primary N) is 1. The summed E-state index contributed by atoms with van der Waals surface area (Å²) in [6.07, 6.45) is 1.85. The molecule has 1 aromatic heterocycles. The van der Waals surface area contributed by atoms with Crippen LogP contribution in [0.5, 0.6) is 0 Å². The molecule has 2 aromatic carbocycles. The Balaban J connectivity index is 1.50. The molecule has 3 nitrogen and oxygen atoms in total. The molecule has 0 unspecified atom stereocenters. The van der Waals surface area contributed by atoms with Crippen LogP contribution in [0.3, 0.4) is 0 Å². The Hall–Kier alpha value is -2.49. The minimum absolute atomic E-state index is 0.524. The van der Waals surface area contributed by atoms with E-state index in [1.165, 1.54) is 16.7 Å². The van der Waals surface area contributed by atoms with Crippen LogP contribution in [0.4, 0.5) is 0 Å². The molecule has 0 spiro atoms. The molecule has 0 amide bonds. The third-order valence-electron chi connectivity index (χ3n) is 5.34. The number of pyridine rings is 1. The van der Waals surface area contributed by atoms with Gasteiger partial charge in [0.2, 0.25) is 0 Å². The zero-order chi connectivity index (χ0) is 17.8. The number of rotatable bonds is 5. The van der Waals surface area contributed by atoms with Gasteiger partial charge >= 0.3 is 0 Å². The molecule has 1 aliphatic rings. The summed E-state index contributed by atoms with van der Waals surface area (Å²) in [6, 6.07) is 25.6. The summed E-state index contributed by atoms with van der Waals surface area (Å²) in [4.78, 5) is 7.00. The summed E-state index contributed by atoms with van der Waals surface area (Å²) in [7, 11) is 0. The smallest absolute Gasteiger partial charge is 0.0702 e. The Morgan fingerprint density at radius 2 is 1.77 bits per heavy atom. The molecule has 2 N–H and O–H groups in total. The number of nitrogens with zero attached hydrogens (tertiary/aromatic N) is 2. The third kappa shape index (κ3) is 3.69. The number of hydrogen-bond donors (Lipinski definition) is 1. The fourth-order valence-corrected chi connectivity index (χ4v) is 4.03. The minimum Gasteiger partial charge on any atom is -0.330 e. The molecule has 1 fully saturated rings. The Labute approximate surface area is 155 Å². The fraction of sp³-hybridized carbons (Fsp3) is 0.261. The molecular formula is C23H25N3. The van der Waals surface area contributed by atoms with E-state index >= 15 is 0 Å². The van der Waals surface area contributed by atoms with Crippen LogP contribution in [0.15, 0.2) is 79.0 Å². The summed E-state index contributed by atoms with van der Waals surface area (Å²) in [5.74, 6) is 1.05. The number of hydrogen-bond acceptors (Lipinski definition) is 3. The lowest BCUT2D eigenvalue weighted by Crippen LogP contribution is -2.23. The maximum Gasteiger partial charge on any atom is 0.0702 e. The van der Waals surface area contributed by atoms with Crippen LogP contribution >= 0.6 is 0 Å². The highest BCUT2D eigenvalue weighted by molar-refractivity contribution is 5.59. The Bertz CT molecular complexity index is 832. The van der Waals surface area contributed by atoms with Crippen LogP contribution in [0.25, 0.3) is 11.3 Å². The molecule has 3 aromatic rings. The zero-order valence-corrected chi connectivity index (χ0v) is 15.0. The molecular weight excluding hydrogens is 318 g/mol. The van der Waals surface area contributed by atoms with Gasteiger partial charge < -0.3 is 5.73 Å². The van der Waals surface area contributed by atoms with E-state index in [1.807, 2.05) is 18.3 Å². The van der Waals surface area contributed by atoms with Gasteiger partial charge in [0.15, 0.2) is 0 Å². The maximum atomic E-state index is 6.08. The molecule has 0 aliphatic carbocycles. The first-order valence-electron chi connectivity index (χ1n) is 9.31. The zero-order valence-electron chi connectivity index (χ0n) is 15.0. The first kappa shape index (κ1) is 17.0. The molecule has 3 heteroatoms. The molecule has 0 radical (unpaired) electrons. The van der Waals surface area contributed by atoms with E-state index in [1.54, 1.807) is 0 Å². The molecule has 0 saturated carbocycles. The highest BCUT2D eigenvalue weighted by Gasteiger charge is 2.32. The van der Waals surface area contributed by atoms with Gasteiger partial charge in [-0.2, -0.15) is 0 Å². The first-order chi connectivity index (χ1) is 12.8. The number of aromatic nitrogens is 1. The molecule has 132 valence electrons. The highest BCUT2D eigenvalue weighted by atomic mass is 15.2. The maximum absolute atomic E-state index is 6.08. The highest BCUT2D eigenvalue weighted by Crippen LogP contribution is 2.33. The second kappa shape index (κ2) is 7.81. The van der Waals surface area contributed by atoms with E-state index in [-0.39, 0.29) is 0 Å². The third-order valence-corrected chi connectivity index (χ3v) is 5.34. The molecule has 2 heterocycles. The summed E-state index contributed by atoms with van der Waals surface area (Å²) < 4.78 is 0. The van der Waals surface area contributed by atoms with Crippen molar-refractivity contribution in [1.82, 2.24) is 9.88 Å². The quantitative estimate of drug-likeness (QED) is 0.763. The second-order valence-electron chi connectivity index (χ2n) is 7.12. The van der Waals surface area contributed by atoms with Crippen molar-refractivity contribution in [3.8, 4) is 11.3 Å². The molecule has 0 bridgehead atoms. The molecule has 4 rings (SSSR count). The van der Waals surface area contributed by atoms with Crippen LogP contribution in [-0.2, 0) is 6.54 Å². The Morgan fingerprint density at radius 1 is 0.923 bits per heavy atom. The lowest BCUT2D eigenvalue weighted by Gasteiger charge is -2.17. The van der Waals surface area contributed by atoms with Crippen molar-refractivity contribution in [3.05, 3.63) is 90.1 Å². The van der Waals surface area contributed by atoms with Crippen molar-refractivity contribution < 1.29 is 0 Å². The Kier molecular flexibility index (Phi) is 5.09. The predicted molar refractivity (Wildman–Crippen MR) is 107 cm³/mol. The number of benzene rings is 2. The van der Waals surface area contributed by atoms with Gasteiger partial charge in [0, 0.05) is 37.3 Å². The van der Waals surface area contributed by atoms with Crippen molar-refractivity contribution in [2.24, 2.45) is 11.7 Å². The lowest BCUT2D eigenvalue weighted by atomic mass is 9.89. The number of likely N-dealkylation sites (tertiary alicyclic amines) is 1. The summed E-state index contributed by atoms with van der Waals surface area (Å²) in [5, 5.41) is 0. The van der Waals surface area contributed by atoms with Crippen molar-refractivity contribution in [2.45, 2.75) is 12.5 Å². The van der Waals surface area contributed by atoms with Crippen molar-refractivity contribution in [3.63, 3.8) is 0 Å². The van der Waals surface area contributed by atoms with E-state index < -0.39 is 0 Å². The topological polar surface area (TPSA) is 42.1 Å². The minimum atomic E-state index is 0.524. The fourth-order valence-electron chi connectivity index (χ4n) is 4.03.